The van der Waals surface area contributed by atoms with Crippen LogP contribution in [0.3, 0.4) is 0 Å². The van der Waals surface area contributed by atoms with Crippen LogP contribution < -0.4 is 0 Å². The monoisotopic (exact) mass is 590 g/mol. The number of rotatable bonds is 2. The number of aromatic nitrogens is 2. The van der Waals surface area contributed by atoms with Gasteiger partial charge >= 0.3 is 27.7 Å². The topological polar surface area (TPSA) is 25.8 Å². The molecular formula is C24H14ClF2N2Re. The molecule has 30 heavy (non-hydrogen) atoms. The van der Waals surface area contributed by atoms with Crippen LogP contribution in [0.1, 0.15) is 0 Å². The summed E-state index contributed by atoms with van der Waals surface area (Å²) >= 11 is 1.19. The molecule has 0 amide bonds. The van der Waals surface area contributed by atoms with Crippen LogP contribution in [0.2, 0.25) is 0 Å². The summed E-state index contributed by atoms with van der Waals surface area (Å²) in [6, 6.07) is 20.8. The summed E-state index contributed by atoms with van der Waals surface area (Å²) < 4.78 is 26.3. The van der Waals surface area contributed by atoms with Crippen LogP contribution in [0, 0.1) is 11.6 Å². The Hall–Kier alpha value is -2.71. The zero-order valence-electron chi connectivity index (χ0n) is 15.5. The van der Waals surface area contributed by atoms with Crippen molar-refractivity contribution >= 4 is 31.3 Å². The number of halogens is 3. The molecule has 0 aliphatic carbocycles. The fourth-order valence-electron chi connectivity index (χ4n) is 3.39. The molecule has 3 aromatic carbocycles. The Kier molecular flexibility index (Phi) is 6.15. The van der Waals surface area contributed by atoms with Crippen molar-refractivity contribution < 1.29 is 27.0 Å². The molecule has 0 aliphatic rings. The third-order valence-corrected chi connectivity index (χ3v) is 4.86. The van der Waals surface area contributed by atoms with Crippen molar-refractivity contribution in [2.24, 2.45) is 0 Å². The average Bonchev–Trinajstić information content (AvgIpc) is 2.80. The molecule has 0 bridgehead atoms. The minimum absolute atomic E-state index is 0.260. The third kappa shape index (κ3) is 4.11. The van der Waals surface area contributed by atoms with E-state index in [4.69, 9.17) is 9.53 Å². The van der Waals surface area contributed by atoms with Gasteiger partial charge < -0.3 is 0 Å². The van der Waals surface area contributed by atoms with E-state index in [0.29, 0.717) is 0 Å². The number of hydrogen-bond donors (Lipinski definition) is 0. The Bertz CT molecular complexity index is 1220. The van der Waals surface area contributed by atoms with E-state index in [9.17, 15) is 8.78 Å². The Morgan fingerprint density at radius 3 is 1.27 bits per heavy atom. The van der Waals surface area contributed by atoms with Crippen molar-refractivity contribution in [3.05, 3.63) is 96.8 Å². The minimum atomic E-state index is -0.260. The fraction of sp³-hybridized carbons (Fsp3) is 0. The van der Waals surface area contributed by atoms with Crippen LogP contribution in [0.4, 0.5) is 8.78 Å². The first-order valence-corrected chi connectivity index (χ1v) is 12.4. The summed E-state index contributed by atoms with van der Waals surface area (Å²) in [5.41, 5.74) is 5.30. The molecule has 0 radical (unpaired) electrons. The van der Waals surface area contributed by atoms with Crippen LogP contribution >= 0.6 is 9.53 Å². The molecule has 0 aliphatic heterocycles. The van der Waals surface area contributed by atoms with Crippen LogP contribution in [-0.2, 0) is 18.2 Å². The van der Waals surface area contributed by atoms with Crippen LogP contribution in [-0.4, -0.2) is 9.97 Å². The summed E-state index contributed by atoms with van der Waals surface area (Å²) in [5, 5.41) is 1.94. The van der Waals surface area contributed by atoms with Crippen LogP contribution in [0.25, 0.3) is 44.1 Å². The van der Waals surface area contributed by atoms with Gasteiger partial charge in [-0.3, -0.25) is 9.97 Å². The molecule has 5 aromatic rings. The van der Waals surface area contributed by atoms with Gasteiger partial charge in [-0.25, -0.2) is 8.78 Å². The fourth-order valence-corrected chi connectivity index (χ4v) is 3.39. The van der Waals surface area contributed by atoms with Gasteiger partial charge in [-0.15, -0.1) is 0 Å². The van der Waals surface area contributed by atoms with E-state index >= 15 is 0 Å². The molecule has 148 valence electrons. The third-order valence-electron chi connectivity index (χ3n) is 4.86. The summed E-state index contributed by atoms with van der Waals surface area (Å²) in [5.74, 6) is -0.519. The quantitative estimate of drug-likeness (QED) is 0.206. The Morgan fingerprint density at radius 1 is 0.533 bits per heavy atom. The van der Waals surface area contributed by atoms with Gasteiger partial charge in [0.25, 0.3) is 0 Å². The molecule has 0 saturated carbocycles. The number of hydrogen-bond acceptors (Lipinski definition) is 2. The normalized spacial score (nSPS) is 10.7. The summed E-state index contributed by atoms with van der Waals surface area (Å²) in [6.45, 7) is 0. The van der Waals surface area contributed by atoms with Crippen LogP contribution in [0.5, 0.6) is 0 Å². The molecule has 0 unspecified atom stereocenters. The number of fused-ring (bicyclic) bond motifs is 3. The standard InChI is InChI=1S/C24H14F2N2.ClH.Re/c25-21-7-3-15(4-8-21)19-11-17-1-2-18-12-20(16-5-9-22(26)10-6-16)14-28-24(18)23(17)27-13-19;;/h1-14H;1H;/q;;+1/p-1. The Labute approximate surface area is 186 Å². The van der Waals surface area contributed by atoms with Gasteiger partial charge in [0.2, 0.25) is 0 Å². The predicted octanol–water partition coefficient (Wildman–Crippen LogP) is 7.08. The first kappa shape index (κ1) is 20.6. The Balaban J connectivity index is 0.00000106. The maximum absolute atomic E-state index is 13.2. The van der Waals surface area contributed by atoms with Crippen molar-refractivity contribution in [3.8, 4) is 22.3 Å². The van der Waals surface area contributed by atoms with E-state index < -0.39 is 0 Å². The summed E-state index contributed by atoms with van der Waals surface area (Å²) in [4.78, 5) is 9.23. The molecule has 0 N–H and O–H groups in total. The molecule has 0 spiro atoms. The first-order valence-electron chi connectivity index (χ1n) is 9.02. The van der Waals surface area contributed by atoms with Crippen molar-refractivity contribution in [1.82, 2.24) is 9.97 Å². The van der Waals surface area contributed by atoms with Gasteiger partial charge in [0.05, 0.1) is 11.0 Å². The van der Waals surface area contributed by atoms with Gasteiger partial charge in [-0.1, -0.05) is 36.4 Å². The molecule has 5 rings (SSSR count). The molecular weight excluding hydrogens is 576 g/mol. The van der Waals surface area contributed by atoms with E-state index in [1.165, 1.54) is 42.4 Å². The number of benzene rings is 3. The predicted molar refractivity (Wildman–Crippen MR) is 114 cm³/mol. The van der Waals surface area contributed by atoms with Gasteiger partial charge in [0.1, 0.15) is 11.6 Å². The van der Waals surface area contributed by atoms with E-state index in [1.54, 1.807) is 36.7 Å². The van der Waals surface area contributed by atoms with Gasteiger partial charge in [-0.2, -0.15) is 0 Å². The van der Waals surface area contributed by atoms with Crippen molar-refractivity contribution in [2.45, 2.75) is 0 Å². The second-order valence-electron chi connectivity index (χ2n) is 6.67. The SMILES string of the molecule is Fc1ccc(-c2cnc3c(ccc4cc(-c5ccc(F)cc5)cnc43)c2)cc1.[Cl][Re]. The van der Waals surface area contributed by atoms with E-state index in [0.717, 1.165) is 44.1 Å². The number of pyridine rings is 2. The van der Waals surface area contributed by atoms with Crippen molar-refractivity contribution in [3.63, 3.8) is 0 Å². The molecule has 0 atom stereocenters. The van der Waals surface area contributed by atoms with Gasteiger partial charge in [0.15, 0.2) is 0 Å². The Morgan fingerprint density at radius 2 is 0.900 bits per heavy atom. The van der Waals surface area contributed by atoms with Crippen molar-refractivity contribution in [2.75, 3.05) is 0 Å². The van der Waals surface area contributed by atoms with Crippen LogP contribution in [0.15, 0.2) is 85.2 Å². The summed E-state index contributed by atoms with van der Waals surface area (Å²) in [6.07, 6.45) is 3.56. The second kappa shape index (κ2) is 8.97. The maximum atomic E-state index is 13.2. The molecule has 2 aromatic heterocycles. The zero-order chi connectivity index (χ0) is 21.1. The second-order valence-corrected chi connectivity index (χ2v) is 6.67. The summed E-state index contributed by atoms with van der Waals surface area (Å²) in [7, 11) is 4.69. The van der Waals surface area contributed by atoms with E-state index in [-0.39, 0.29) is 11.6 Å². The zero-order valence-corrected chi connectivity index (χ0v) is 19.0. The average molecular weight is 590 g/mol. The molecule has 2 nitrogen and oxygen atoms in total. The van der Waals surface area contributed by atoms with Gasteiger partial charge in [-0.05, 0) is 47.5 Å². The molecule has 0 saturated heterocycles. The number of nitrogens with zero attached hydrogens (tertiary/aromatic N) is 2. The molecule has 2 heterocycles. The molecule has 6 heteroatoms. The van der Waals surface area contributed by atoms with Gasteiger partial charge in [0, 0.05) is 34.3 Å². The van der Waals surface area contributed by atoms with E-state index in [2.05, 4.69) is 9.97 Å². The van der Waals surface area contributed by atoms with Crippen molar-refractivity contribution in [1.29, 1.82) is 0 Å². The first-order chi connectivity index (χ1) is 14.7. The van der Waals surface area contributed by atoms with E-state index in [1.807, 2.05) is 24.3 Å². The molecule has 0 fully saturated rings.